The van der Waals surface area contributed by atoms with Gasteiger partial charge in [0.2, 0.25) is 0 Å². The molecule has 62 valence electrons. The standard InChI is InChI=1S/C6H8BrIN2S/c1-3-11-5-4(8)9-6(7)10(5)2/h3H2,1-2H3. The SMILES string of the molecule is CCSc1c(I)nc(Br)n1C. The van der Waals surface area contributed by atoms with Crippen molar-refractivity contribution < 1.29 is 0 Å². The molecule has 11 heavy (non-hydrogen) atoms. The van der Waals surface area contributed by atoms with E-state index in [0.29, 0.717) is 0 Å². The molecule has 0 atom stereocenters. The topological polar surface area (TPSA) is 17.8 Å². The van der Waals surface area contributed by atoms with Crippen LogP contribution in [0.5, 0.6) is 0 Å². The van der Waals surface area contributed by atoms with Gasteiger partial charge in [-0.3, -0.25) is 0 Å². The fourth-order valence-corrected chi connectivity index (χ4v) is 3.30. The molecular weight excluding hydrogens is 339 g/mol. The minimum Gasteiger partial charge on any atom is -0.316 e. The average Bonchev–Trinajstić information content (AvgIpc) is 2.17. The first-order valence-electron chi connectivity index (χ1n) is 3.17. The van der Waals surface area contributed by atoms with Crippen molar-refractivity contribution >= 4 is 50.3 Å². The highest BCUT2D eigenvalue weighted by molar-refractivity contribution is 14.1. The Bertz CT molecular complexity index is 261. The summed E-state index contributed by atoms with van der Waals surface area (Å²) in [5.74, 6) is 1.09. The molecule has 0 radical (unpaired) electrons. The predicted octanol–water partition coefficient (Wildman–Crippen LogP) is 2.90. The molecule has 0 unspecified atom stereocenters. The molecule has 1 aromatic rings. The molecular formula is C6H8BrIN2S. The first-order chi connectivity index (χ1) is 5.16. The molecule has 0 aliphatic carbocycles. The Kier molecular flexibility index (Phi) is 3.70. The Labute approximate surface area is 92.4 Å². The van der Waals surface area contributed by atoms with E-state index >= 15 is 0 Å². The van der Waals surface area contributed by atoms with E-state index in [1.54, 1.807) is 0 Å². The van der Waals surface area contributed by atoms with Crippen molar-refractivity contribution in [2.24, 2.45) is 7.05 Å². The van der Waals surface area contributed by atoms with Gasteiger partial charge in [0, 0.05) is 7.05 Å². The van der Waals surface area contributed by atoms with E-state index in [1.165, 1.54) is 5.03 Å². The Morgan fingerprint density at radius 1 is 1.73 bits per heavy atom. The lowest BCUT2D eigenvalue weighted by Gasteiger charge is -1.99. The summed E-state index contributed by atoms with van der Waals surface area (Å²) in [4.78, 5) is 4.27. The quantitative estimate of drug-likeness (QED) is 0.605. The van der Waals surface area contributed by atoms with Crippen molar-refractivity contribution in [1.29, 1.82) is 0 Å². The van der Waals surface area contributed by atoms with E-state index in [2.05, 4.69) is 55.0 Å². The van der Waals surface area contributed by atoms with Gasteiger partial charge in [0.1, 0.15) is 8.73 Å². The molecule has 0 amide bonds. The third kappa shape index (κ3) is 2.12. The lowest BCUT2D eigenvalue weighted by atomic mass is 10.9. The summed E-state index contributed by atoms with van der Waals surface area (Å²) in [6.07, 6.45) is 0. The highest BCUT2D eigenvalue weighted by Gasteiger charge is 2.09. The summed E-state index contributed by atoms with van der Waals surface area (Å²) in [6.45, 7) is 2.14. The van der Waals surface area contributed by atoms with Crippen LogP contribution >= 0.6 is 50.3 Å². The van der Waals surface area contributed by atoms with Gasteiger partial charge in [-0.25, -0.2) is 4.98 Å². The van der Waals surface area contributed by atoms with Crippen LogP contribution in [0.2, 0.25) is 0 Å². The lowest BCUT2D eigenvalue weighted by Crippen LogP contribution is -1.90. The predicted molar refractivity (Wildman–Crippen MR) is 60.0 cm³/mol. The maximum atomic E-state index is 4.27. The average molecular weight is 347 g/mol. The summed E-state index contributed by atoms with van der Waals surface area (Å²) in [6, 6.07) is 0. The van der Waals surface area contributed by atoms with Crippen LogP contribution in [0.25, 0.3) is 0 Å². The number of rotatable bonds is 2. The molecule has 5 heteroatoms. The third-order valence-electron chi connectivity index (χ3n) is 1.23. The van der Waals surface area contributed by atoms with Crippen LogP contribution in [0.4, 0.5) is 0 Å². The van der Waals surface area contributed by atoms with Gasteiger partial charge in [-0.2, -0.15) is 0 Å². The van der Waals surface area contributed by atoms with Crippen LogP contribution in [-0.2, 0) is 7.05 Å². The summed E-state index contributed by atoms with van der Waals surface area (Å²) >= 11 is 7.43. The normalized spacial score (nSPS) is 10.5. The molecule has 0 saturated carbocycles. The minimum atomic E-state index is 0.901. The van der Waals surface area contributed by atoms with E-state index in [0.717, 1.165) is 14.2 Å². The van der Waals surface area contributed by atoms with Crippen LogP contribution in [0.15, 0.2) is 9.76 Å². The molecule has 0 aliphatic heterocycles. The van der Waals surface area contributed by atoms with Gasteiger partial charge in [0.05, 0.1) is 0 Å². The van der Waals surface area contributed by atoms with Gasteiger partial charge in [0.15, 0.2) is 4.73 Å². The Morgan fingerprint density at radius 2 is 2.36 bits per heavy atom. The van der Waals surface area contributed by atoms with Gasteiger partial charge < -0.3 is 4.57 Å². The van der Waals surface area contributed by atoms with Crippen LogP contribution in [0, 0.1) is 3.70 Å². The molecule has 0 saturated heterocycles. The van der Waals surface area contributed by atoms with E-state index in [4.69, 9.17) is 0 Å². The van der Waals surface area contributed by atoms with Crippen LogP contribution in [0.1, 0.15) is 6.92 Å². The number of imidazole rings is 1. The van der Waals surface area contributed by atoms with E-state index in [9.17, 15) is 0 Å². The van der Waals surface area contributed by atoms with Crippen molar-refractivity contribution in [1.82, 2.24) is 9.55 Å². The molecule has 1 heterocycles. The molecule has 0 aliphatic rings. The monoisotopic (exact) mass is 346 g/mol. The minimum absolute atomic E-state index is 0.901. The first kappa shape index (κ1) is 9.85. The second-order valence-electron chi connectivity index (χ2n) is 1.97. The van der Waals surface area contributed by atoms with Gasteiger partial charge in [-0.05, 0) is 44.3 Å². The maximum absolute atomic E-state index is 4.27. The van der Waals surface area contributed by atoms with Crippen molar-refractivity contribution in [2.75, 3.05) is 5.75 Å². The van der Waals surface area contributed by atoms with E-state index < -0.39 is 0 Å². The molecule has 0 N–H and O–H groups in total. The molecule has 0 bridgehead atoms. The second kappa shape index (κ2) is 4.13. The summed E-state index contributed by atoms with van der Waals surface area (Å²) < 4.78 is 4.03. The molecule has 0 aromatic carbocycles. The number of hydrogen-bond donors (Lipinski definition) is 0. The van der Waals surface area contributed by atoms with Crippen molar-refractivity contribution in [2.45, 2.75) is 11.9 Å². The number of halogens is 2. The van der Waals surface area contributed by atoms with Crippen LogP contribution < -0.4 is 0 Å². The van der Waals surface area contributed by atoms with Crippen LogP contribution in [0.3, 0.4) is 0 Å². The fraction of sp³-hybridized carbons (Fsp3) is 0.500. The highest BCUT2D eigenvalue weighted by Crippen LogP contribution is 2.26. The summed E-state index contributed by atoms with van der Waals surface area (Å²) in [7, 11) is 2.01. The van der Waals surface area contributed by atoms with Crippen molar-refractivity contribution in [3.8, 4) is 0 Å². The molecule has 1 aromatic heterocycles. The molecule has 0 spiro atoms. The first-order valence-corrected chi connectivity index (χ1v) is 6.03. The Hall–Kier alpha value is 0.770. The van der Waals surface area contributed by atoms with Gasteiger partial charge in [-0.15, -0.1) is 11.8 Å². The molecule has 2 nitrogen and oxygen atoms in total. The van der Waals surface area contributed by atoms with Gasteiger partial charge >= 0.3 is 0 Å². The Morgan fingerprint density at radius 3 is 2.73 bits per heavy atom. The van der Waals surface area contributed by atoms with Crippen LogP contribution in [-0.4, -0.2) is 15.3 Å². The summed E-state index contributed by atoms with van der Waals surface area (Å²) in [5.41, 5.74) is 0. The fourth-order valence-electron chi connectivity index (χ4n) is 0.719. The number of nitrogens with zero attached hydrogens (tertiary/aromatic N) is 2. The van der Waals surface area contributed by atoms with Crippen molar-refractivity contribution in [3.63, 3.8) is 0 Å². The van der Waals surface area contributed by atoms with Gasteiger partial charge in [0.25, 0.3) is 0 Å². The highest BCUT2D eigenvalue weighted by atomic mass is 127. The zero-order valence-electron chi connectivity index (χ0n) is 6.27. The molecule has 1 rings (SSSR count). The largest absolute Gasteiger partial charge is 0.316 e. The number of hydrogen-bond acceptors (Lipinski definition) is 2. The van der Waals surface area contributed by atoms with E-state index in [1.807, 2.05) is 18.8 Å². The smallest absolute Gasteiger partial charge is 0.178 e. The van der Waals surface area contributed by atoms with Crippen molar-refractivity contribution in [3.05, 3.63) is 8.43 Å². The zero-order chi connectivity index (χ0) is 8.43. The lowest BCUT2D eigenvalue weighted by molar-refractivity contribution is 0.797. The number of aromatic nitrogens is 2. The summed E-state index contributed by atoms with van der Waals surface area (Å²) in [5, 5.41) is 1.24. The third-order valence-corrected chi connectivity index (χ3v) is 4.09. The number of thioether (sulfide) groups is 1. The maximum Gasteiger partial charge on any atom is 0.178 e. The van der Waals surface area contributed by atoms with Gasteiger partial charge in [-0.1, -0.05) is 6.92 Å². The van der Waals surface area contributed by atoms with E-state index in [-0.39, 0.29) is 0 Å². The zero-order valence-corrected chi connectivity index (χ0v) is 10.8. The second-order valence-corrected chi connectivity index (χ2v) is 4.95. The molecule has 0 fully saturated rings. The Balaban J connectivity index is 3.02.